The molecule has 140 valence electrons. The van der Waals surface area contributed by atoms with Gasteiger partial charge in [0.25, 0.3) is 0 Å². The lowest BCUT2D eigenvalue weighted by Crippen LogP contribution is -2.45. The fourth-order valence-corrected chi connectivity index (χ4v) is 5.42. The zero-order valence-corrected chi connectivity index (χ0v) is 15.1. The standard InChI is InChI=1S/C20H26N2O4/c1-12-18-15(19(23)26-12)10-13-6-2-3-7-14(13)16(18)11-25-20(24)22-17-8-4-5-9-21-17/h4-5,8-9,12-16,18H,2-3,6-7,10-11H2,1H3,(H,21,22,24)/t12-,13+,14-,15-,16+,18-/m0/s1. The molecule has 3 fully saturated rings. The zero-order valence-electron chi connectivity index (χ0n) is 15.1. The topological polar surface area (TPSA) is 77.5 Å². The van der Waals surface area contributed by atoms with Gasteiger partial charge in [-0.3, -0.25) is 10.1 Å². The minimum atomic E-state index is -0.490. The Morgan fingerprint density at radius 3 is 3.00 bits per heavy atom. The molecule has 0 spiro atoms. The second-order valence-electron chi connectivity index (χ2n) is 7.87. The second-order valence-corrected chi connectivity index (χ2v) is 7.87. The average molecular weight is 358 g/mol. The predicted molar refractivity (Wildman–Crippen MR) is 95.3 cm³/mol. The van der Waals surface area contributed by atoms with Crippen LogP contribution in [0.4, 0.5) is 10.6 Å². The number of carbonyl (C=O) groups excluding carboxylic acids is 2. The maximum absolute atomic E-state index is 12.3. The van der Waals surface area contributed by atoms with E-state index in [2.05, 4.69) is 10.3 Å². The largest absolute Gasteiger partial charge is 0.462 e. The molecule has 1 saturated heterocycles. The third kappa shape index (κ3) is 3.29. The maximum atomic E-state index is 12.3. The predicted octanol–water partition coefficient (Wildman–Crippen LogP) is 3.63. The quantitative estimate of drug-likeness (QED) is 0.835. The van der Waals surface area contributed by atoms with Crippen molar-refractivity contribution in [1.82, 2.24) is 4.98 Å². The minimum Gasteiger partial charge on any atom is -0.462 e. The van der Waals surface area contributed by atoms with Gasteiger partial charge in [0.2, 0.25) is 0 Å². The summed E-state index contributed by atoms with van der Waals surface area (Å²) in [7, 11) is 0. The summed E-state index contributed by atoms with van der Waals surface area (Å²) in [5.41, 5.74) is 0. The summed E-state index contributed by atoms with van der Waals surface area (Å²) in [5, 5.41) is 2.66. The van der Waals surface area contributed by atoms with Crippen LogP contribution in [-0.4, -0.2) is 29.8 Å². The highest BCUT2D eigenvalue weighted by atomic mass is 16.6. The Kier molecular flexibility index (Phi) is 4.83. The highest BCUT2D eigenvalue weighted by molar-refractivity contribution is 5.83. The molecule has 3 aliphatic rings. The number of rotatable bonds is 3. The normalized spacial score (nSPS) is 35.8. The van der Waals surface area contributed by atoms with Crippen LogP contribution in [0.3, 0.4) is 0 Å². The van der Waals surface area contributed by atoms with Gasteiger partial charge in [0, 0.05) is 18.0 Å². The molecule has 6 heteroatoms. The summed E-state index contributed by atoms with van der Waals surface area (Å²) in [4.78, 5) is 28.5. The summed E-state index contributed by atoms with van der Waals surface area (Å²) in [5.74, 6) is 1.80. The average Bonchev–Trinajstić information content (AvgIpc) is 2.93. The van der Waals surface area contributed by atoms with Gasteiger partial charge in [-0.25, -0.2) is 9.78 Å². The van der Waals surface area contributed by atoms with Crippen molar-refractivity contribution < 1.29 is 19.1 Å². The van der Waals surface area contributed by atoms with Gasteiger partial charge >= 0.3 is 12.1 Å². The molecule has 1 N–H and O–H groups in total. The van der Waals surface area contributed by atoms with E-state index in [0.717, 1.165) is 12.8 Å². The van der Waals surface area contributed by atoms with Crippen LogP contribution < -0.4 is 5.32 Å². The number of nitrogens with one attached hydrogen (secondary N) is 1. The molecule has 0 bridgehead atoms. The molecule has 1 aliphatic heterocycles. The molecule has 1 aromatic rings. The Morgan fingerprint density at radius 1 is 1.35 bits per heavy atom. The van der Waals surface area contributed by atoms with Crippen LogP contribution in [0.5, 0.6) is 0 Å². The molecule has 2 heterocycles. The summed E-state index contributed by atoms with van der Waals surface area (Å²) in [6, 6.07) is 5.32. The number of aromatic nitrogens is 1. The number of pyridine rings is 1. The first-order chi connectivity index (χ1) is 12.6. The van der Waals surface area contributed by atoms with Crippen LogP contribution >= 0.6 is 0 Å². The van der Waals surface area contributed by atoms with Gasteiger partial charge in [0.05, 0.1) is 12.5 Å². The second kappa shape index (κ2) is 7.25. The smallest absolute Gasteiger partial charge is 0.412 e. The minimum absolute atomic E-state index is 0.0307. The molecular formula is C20H26N2O4. The Balaban J connectivity index is 1.45. The van der Waals surface area contributed by atoms with Gasteiger partial charge in [-0.2, -0.15) is 0 Å². The van der Waals surface area contributed by atoms with Crippen molar-refractivity contribution in [2.24, 2.45) is 29.6 Å². The maximum Gasteiger partial charge on any atom is 0.412 e. The number of hydrogen-bond acceptors (Lipinski definition) is 5. The van der Waals surface area contributed by atoms with Crippen LogP contribution in [0.1, 0.15) is 39.0 Å². The monoisotopic (exact) mass is 358 g/mol. The van der Waals surface area contributed by atoms with Crippen LogP contribution in [0.2, 0.25) is 0 Å². The van der Waals surface area contributed by atoms with Crippen LogP contribution in [0.15, 0.2) is 24.4 Å². The molecule has 6 nitrogen and oxygen atoms in total. The number of carbonyl (C=O) groups is 2. The summed E-state index contributed by atoms with van der Waals surface area (Å²) >= 11 is 0. The van der Waals surface area contributed by atoms with E-state index < -0.39 is 6.09 Å². The van der Waals surface area contributed by atoms with Gasteiger partial charge in [0.1, 0.15) is 11.9 Å². The lowest BCUT2D eigenvalue weighted by molar-refractivity contribution is -0.144. The molecule has 0 aromatic carbocycles. The molecule has 4 rings (SSSR count). The molecule has 26 heavy (non-hydrogen) atoms. The van der Waals surface area contributed by atoms with Crippen molar-refractivity contribution in [1.29, 1.82) is 0 Å². The van der Waals surface area contributed by atoms with Crippen molar-refractivity contribution in [2.75, 3.05) is 11.9 Å². The van der Waals surface area contributed by atoms with E-state index in [9.17, 15) is 9.59 Å². The zero-order chi connectivity index (χ0) is 18.1. The van der Waals surface area contributed by atoms with E-state index in [1.165, 1.54) is 19.3 Å². The van der Waals surface area contributed by atoms with E-state index in [-0.39, 0.29) is 29.8 Å². The fraction of sp³-hybridized carbons (Fsp3) is 0.650. The van der Waals surface area contributed by atoms with E-state index in [1.54, 1.807) is 18.3 Å². The molecular weight excluding hydrogens is 332 g/mol. The summed E-state index contributed by atoms with van der Waals surface area (Å²) in [6.07, 6.45) is 6.76. The van der Waals surface area contributed by atoms with Crippen molar-refractivity contribution in [3.05, 3.63) is 24.4 Å². The lowest BCUT2D eigenvalue weighted by atomic mass is 9.58. The Hall–Kier alpha value is -2.11. The number of ether oxygens (including phenoxy) is 2. The Labute approximate surface area is 153 Å². The highest BCUT2D eigenvalue weighted by Crippen LogP contribution is 2.53. The number of esters is 1. The molecule has 1 aromatic heterocycles. The van der Waals surface area contributed by atoms with Crippen LogP contribution in [-0.2, 0) is 14.3 Å². The van der Waals surface area contributed by atoms with Gasteiger partial charge < -0.3 is 9.47 Å². The molecule has 0 unspecified atom stereocenters. The highest BCUT2D eigenvalue weighted by Gasteiger charge is 2.54. The van der Waals surface area contributed by atoms with Gasteiger partial charge in [-0.15, -0.1) is 0 Å². The molecule has 1 amide bonds. The number of hydrogen-bond donors (Lipinski definition) is 1. The Morgan fingerprint density at radius 2 is 2.19 bits per heavy atom. The number of amides is 1. The van der Waals surface area contributed by atoms with Crippen LogP contribution in [0, 0.1) is 29.6 Å². The van der Waals surface area contributed by atoms with E-state index in [0.29, 0.717) is 24.3 Å². The summed E-state index contributed by atoms with van der Waals surface area (Å²) in [6.45, 7) is 2.31. The third-order valence-corrected chi connectivity index (χ3v) is 6.48. The fourth-order valence-electron chi connectivity index (χ4n) is 5.42. The first-order valence-corrected chi connectivity index (χ1v) is 9.69. The summed E-state index contributed by atoms with van der Waals surface area (Å²) < 4.78 is 11.1. The van der Waals surface area contributed by atoms with Crippen molar-refractivity contribution in [3.8, 4) is 0 Å². The molecule has 0 radical (unpaired) electrons. The molecule has 6 atom stereocenters. The Bertz CT molecular complexity index is 665. The van der Waals surface area contributed by atoms with E-state index in [4.69, 9.17) is 9.47 Å². The van der Waals surface area contributed by atoms with Crippen molar-refractivity contribution >= 4 is 17.9 Å². The lowest BCUT2D eigenvalue weighted by Gasteiger charge is -2.46. The van der Waals surface area contributed by atoms with E-state index >= 15 is 0 Å². The number of cyclic esters (lactones) is 1. The first-order valence-electron chi connectivity index (χ1n) is 9.69. The SMILES string of the molecule is C[C@@H]1OC(=O)[C@H]2C[C@H]3CCCC[C@@H]3[C@@H](COC(=O)Nc3ccccn3)[C@@H]12. The number of nitrogens with zero attached hydrogens (tertiary/aromatic N) is 1. The van der Waals surface area contributed by atoms with Crippen molar-refractivity contribution in [3.63, 3.8) is 0 Å². The first kappa shape index (κ1) is 17.3. The third-order valence-electron chi connectivity index (χ3n) is 6.48. The van der Waals surface area contributed by atoms with Gasteiger partial charge in [-0.1, -0.05) is 25.3 Å². The molecule has 2 aliphatic carbocycles. The molecule has 2 saturated carbocycles. The van der Waals surface area contributed by atoms with Crippen LogP contribution in [0.25, 0.3) is 0 Å². The number of fused-ring (bicyclic) bond motifs is 2. The van der Waals surface area contributed by atoms with Gasteiger partial charge in [0.15, 0.2) is 0 Å². The van der Waals surface area contributed by atoms with E-state index in [1.807, 2.05) is 13.0 Å². The van der Waals surface area contributed by atoms with Gasteiger partial charge in [-0.05, 0) is 43.7 Å². The number of anilines is 1. The van der Waals surface area contributed by atoms with Crippen molar-refractivity contribution in [2.45, 2.75) is 45.1 Å².